The van der Waals surface area contributed by atoms with Crippen LogP contribution in [0.15, 0.2) is 0 Å². The molecule has 0 unspecified atom stereocenters. The molecular weight excluding hydrogens is 226 g/mol. The Balaban J connectivity index is 0. The minimum atomic E-state index is 0. The zero-order valence-corrected chi connectivity index (χ0v) is 8.05. The largest absolute Gasteiger partial charge is 0 e. The first-order valence-electron chi connectivity index (χ1n) is 0. The summed E-state index contributed by atoms with van der Waals surface area (Å²) in [6, 6.07) is 0. The summed E-state index contributed by atoms with van der Waals surface area (Å²) in [6.45, 7) is 0. The van der Waals surface area contributed by atoms with Crippen molar-refractivity contribution >= 4 is 19.8 Å². The molecular formula is Cr3Ga. The molecule has 0 fully saturated rings. The Kier molecular flexibility index (Phi) is 161. The van der Waals surface area contributed by atoms with Crippen LogP contribution < -0.4 is 0 Å². The Labute approximate surface area is 71.2 Å². The maximum absolute atomic E-state index is 0. The summed E-state index contributed by atoms with van der Waals surface area (Å²) in [5, 5.41) is 0. The van der Waals surface area contributed by atoms with E-state index in [1.807, 2.05) is 0 Å². The molecule has 0 spiro atoms. The van der Waals surface area contributed by atoms with E-state index in [0.717, 1.165) is 0 Å². The van der Waals surface area contributed by atoms with Crippen molar-refractivity contribution in [1.29, 1.82) is 0 Å². The molecule has 0 N–H and O–H groups in total. The van der Waals surface area contributed by atoms with E-state index in [1.54, 1.807) is 0 Å². The Morgan fingerprint density at radius 2 is 0.500 bits per heavy atom. The van der Waals surface area contributed by atoms with Gasteiger partial charge < -0.3 is 0 Å². The van der Waals surface area contributed by atoms with Crippen LogP contribution in [-0.2, 0) is 52.1 Å². The van der Waals surface area contributed by atoms with Gasteiger partial charge in [0.2, 0.25) is 0 Å². The van der Waals surface area contributed by atoms with Crippen molar-refractivity contribution in [2.75, 3.05) is 0 Å². The predicted molar refractivity (Wildman–Crippen MR) is 5.75 cm³/mol. The first-order chi connectivity index (χ1) is 0. The molecule has 4 heavy (non-hydrogen) atoms. The third kappa shape index (κ3) is 8.87. The molecule has 0 heterocycles. The predicted octanol–water partition coefficient (Wildman–Crippen LogP) is -0.388. The van der Waals surface area contributed by atoms with Crippen LogP contribution in [0, 0.1) is 0 Å². The molecule has 0 aromatic rings. The second-order valence-electron chi connectivity index (χ2n) is 0. The van der Waals surface area contributed by atoms with Gasteiger partial charge in [-0.3, -0.25) is 0 Å². The molecule has 0 aliphatic heterocycles. The molecule has 0 nitrogen and oxygen atoms in total. The van der Waals surface area contributed by atoms with Crippen LogP contribution >= 0.6 is 0 Å². The van der Waals surface area contributed by atoms with Crippen LogP contribution in [0.5, 0.6) is 0 Å². The van der Waals surface area contributed by atoms with Crippen molar-refractivity contribution in [3.8, 4) is 0 Å². The zero-order valence-electron chi connectivity index (χ0n) is 1.80. The number of hydrogen-bond acceptors (Lipinski definition) is 0. The summed E-state index contributed by atoms with van der Waals surface area (Å²) in [7, 11) is 0. The van der Waals surface area contributed by atoms with Crippen LogP contribution in [0.1, 0.15) is 0 Å². The number of rotatable bonds is 0. The van der Waals surface area contributed by atoms with E-state index >= 15 is 0 Å². The van der Waals surface area contributed by atoms with Crippen LogP contribution in [0.25, 0.3) is 0 Å². The molecule has 3 radical (unpaired) electrons. The van der Waals surface area contributed by atoms with Crippen LogP contribution in [0.3, 0.4) is 0 Å². The van der Waals surface area contributed by atoms with Gasteiger partial charge >= 0.3 is 0 Å². The average Bonchev–Trinajstić information content (AvgIpc) is 0. The summed E-state index contributed by atoms with van der Waals surface area (Å²) >= 11 is 0. The third-order valence-corrected chi connectivity index (χ3v) is 0. The summed E-state index contributed by atoms with van der Waals surface area (Å²) in [6.07, 6.45) is 0. The van der Waals surface area contributed by atoms with E-state index < -0.39 is 0 Å². The van der Waals surface area contributed by atoms with E-state index in [2.05, 4.69) is 0 Å². The van der Waals surface area contributed by atoms with Crippen molar-refractivity contribution in [3.05, 3.63) is 0 Å². The van der Waals surface area contributed by atoms with Gasteiger partial charge in [-0.05, 0) is 0 Å². The van der Waals surface area contributed by atoms with Gasteiger partial charge in [0, 0.05) is 71.9 Å². The fourth-order valence-corrected chi connectivity index (χ4v) is 0. The average molecular weight is 226 g/mol. The summed E-state index contributed by atoms with van der Waals surface area (Å²) in [5.41, 5.74) is 0. The van der Waals surface area contributed by atoms with E-state index in [9.17, 15) is 0 Å². The van der Waals surface area contributed by atoms with Crippen molar-refractivity contribution in [2.24, 2.45) is 0 Å². The molecule has 0 aromatic carbocycles. The van der Waals surface area contributed by atoms with Gasteiger partial charge in [-0.1, -0.05) is 0 Å². The molecule has 0 aliphatic carbocycles. The Morgan fingerprint density at radius 3 is 0.500 bits per heavy atom. The maximum Gasteiger partial charge on any atom is 0 e. The Morgan fingerprint density at radius 1 is 0.500 bits per heavy atom. The quantitative estimate of drug-likeness (QED) is 0.493. The van der Waals surface area contributed by atoms with E-state index in [-0.39, 0.29) is 71.9 Å². The van der Waals surface area contributed by atoms with Gasteiger partial charge in [-0.2, -0.15) is 0 Å². The smallest absolute Gasteiger partial charge is 0 e. The normalized spacial score (nSPS) is 0. The maximum atomic E-state index is 0. The second-order valence-corrected chi connectivity index (χ2v) is 0. The second kappa shape index (κ2) is 18.8. The van der Waals surface area contributed by atoms with Crippen LogP contribution in [-0.4, -0.2) is 19.8 Å². The van der Waals surface area contributed by atoms with E-state index in [1.165, 1.54) is 0 Å². The SMILES string of the molecule is [Cr].[Cr].[Cr].[Ga]. The summed E-state index contributed by atoms with van der Waals surface area (Å²) < 4.78 is 0. The van der Waals surface area contributed by atoms with Crippen molar-refractivity contribution in [1.82, 2.24) is 0 Å². The van der Waals surface area contributed by atoms with Gasteiger partial charge in [-0.25, -0.2) is 0 Å². The fraction of sp³-hybridized carbons (Fsp3) is 0. The summed E-state index contributed by atoms with van der Waals surface area (Å²) in [4.78, 5) is 0. The molecule has 4 heteroatoms. The molecule has 0 bridgehead atoms. The van der Waals surface area contributed by atoms with Gasteiger partial charge in [0.15, 0.2) is 0 Å². The van der Waals surface area contributed by atoms with E-state index in [0.29, 0.717) is 0 Å². The van der Waals surface area contributed by atoms with Gasteiger partial charge in [0.25, 0.3) is 0 Å². The van der Waals surface area contributed by atoms with Gasteiger partial charge in [0.1, 0.15) is 0 Å². The standard InChI is InChI=1S/3Cr.Ga. The van der Waals surface area contributed by atoms with Crippen molar-refractivity contribution in [3.63, 3.8) is 0 Å². The molecule has 0 amide bonds. The first-order valence-corrected chi connectivity index (χ1v) is 0. The first kappa shape index (κ1) is 34.2. The minimum Gasteiger partial charge on any atom is 0 e. The number of hydrogen-bond donors (Lipinski definition) is 0. The molecule has 0 atom stereocenters. The monoisotopic (exact) mass is 225 g/mol. The molecule has 0 saturated heterocycles. The van der Waals surface area contributed by atoms with Crippen LogP contribution in [0.4, 0.5) is 0 Å². The third-order valence-electron chi connectivity index (χ3n) is 0. The van der Waals surface area contributed by atoms with Crippen molar-refractivity contribution in [2.45, 2.75) is 0 Å². The minimum absolute atomic E-state index is 0. The zero-order chi connectivity index (χ0) is 0. The van der Waals surface area contributed by atoms with Crippen LogP contribution in [0.2, 0.25) is 0 Å². The van der Waals surface area contributed by atoms with Crippen molar-refractivity contribution < 1.29 is 52.1 Å². The molecule has 0 aliphatic rings. The Bertz CT molecular complexity index is 3.25. The Hall–Kier alpha value is 2.23. The summed E-state index contributed by atoms with van der Waals surface area (Å²) in [5.74, 6) is 0. The van der Waals surface area contributed by atoms with Gasteiger partial charge in [-0.15, -0.1) is 0 Å². The molecule has 0 rings (SSSR count). The molecule has 0 saturated carbocycles. The molecule has 21 valence electrons. The topological polar surface area (TPSA) is 0 Å². The van der Waals surface area contributed by atoms with Gasteiger partial charge in [0.05, 0.1) is 0 Å². The van der Waals surface area contributed by atoms with E-state index in [4.69, 9.17) is 0 Å². The fourth-order valence-electron chi connectivity index (χ4n) is 0. The molecule has 0 aromatic heterocycles.